The monoisotopic (exact) mass is 624 g/mol. The largest absolute Gasteiger partial charge is 0.496 e. The normalized spacial score (nSPS) is 15.2. The fourth-order valence-corrected chi connectivity index (χ4v) is 5.45. The van der Waals surface area contributed by atoms with Crippen molar-refractivity contribution in [3.63, 3.8) is 0 Å². The number of hydrogen-bond acceptors (Lipinski definition) is 10. The SMILES string of the molecule is C=CC(=O)N1CCC(Oc2cc(-c3ccccc3OC)cnn2)CC1.COc1ccccc1-c1cnnc(OC2CCNCC2)c1. The van der Waals surface area contributed by atoms with E-state index >= 15 is 0 Å². The van der Waals surface area contributed by atoms with E-state index in [4.69, 9.17) is 18.9 Å². The third-order valence-corrected chi connectivity index (χ3v) is 7.89. The minimum absolute atomic E-state index is 0.0242. The first-order chi connectivity index (χ1) is 22.6. The number of ether oxygens (including phenoxy) is 4. The minimum Gasteiger partial charge on any atom is -0.496 e. The number of amides is 1. The van der Waals surface area contributed by atoms with Crippen molar-refractivity contribution in [1.82, 2.24) is 30.6 Å². The third kappa shape index (κ3) is 8.57. The maximum atomic E-state index is 11.6. The van der Waals surface area contributed by atoms with Crippen molar-refractivity contribution in [2.75, 3.05) is 40.4 Å². The van der Waals surface area contributed by atoms with Crippen molar-refractivity contribution in [2.24, 2.45) is 0 Å². The van der Waals surface area contributed by atoms with Gasteiger partial charge >= 0.3 is 0 Å². The summed E-state index contributed by atoms with van der Waals surface area (Å²) in [4.78, 5) is 13.4. The quantitative estimate of drug-likeness (QED) is 0.255. The van der Waals surface area contributed by atoms with Crippen LogP contribution in [0.5, 0.6) is 23.3 Å². The molecule has 11 nitrogen and oxygen atoms in total. The molecular formula is C35H40N6O5. The van der Waals surface area contributed by atoms with Gasteiger partial charge in [0, 0.05) is 60.3 Å². The average Bonchev–Trinajstić information content (AvgIpc) is 3.12. The van der Waals surface area contributed by atoms with Crippen molar-refractivity contribution in [3.8, 4) is 45.5 Å². The molecule has 0 atom stereocenters. The molecular weight excluding hydrogens is 584 g/mol. The molecule has 2 aliphatic rings. The number of methoxy groups -OCH3 is 2. The zero-order valence-corrected chi connectivity index (χ0v) is 26.3. The van der Waals surface area contributed by atoms with Gasteiger partial charge in [-0.15, -0.1) is 10.2 Å². The summed E-state index contributed by atoms with van der Waals surface area (Å²) in [6, 6.07) is 19.4. The highest BCUT2D eigenvalue weighted by molar-refractivity contribution is 5.87. The second kappa shape index (κ2) is 16.3. The Morgan fingerprint density at radius 1 is 0.783 bits per heavy atom. The molecule has 4 aromatic rings. The molecule has 0 spiro atoms. The van der Waals surface area contributed by atoms with Crippen LogP contribution >= 0.6 is 0 Å². The lowest BCUT2D eigenvalue weighted by Crippen LogP contribution is -2.41. The number of piperidine rings is 2. The first kappa shape index (κ1) is 32.4. The van der Waals surface area contributed by atoms with E-state index in [9.17, 15) is 4.79 Å². The van der Waals surface area contributed by atoms with Crippen LogP contribution in [0.4, 0.5) is 0 Å². The Morgan fingerprint density at radius 2 is 1.26 bits per heavy atom. The fourth-order valence-electron chi connectivity index (χ4n) is 5.45. The molecule has 2 aliphatic heterocycles. The minimum atomic E-state index is -0.0311. The van der Waals surface area contributed by atoms with Gasteiger partial charge in [-0.25, -0.2) is 0 Å². The van der Waals surface area contributed by atoms with Crippen molar-refractivity contribution in [3.05, 3.63) is 85.7 Å². The van der Waals surface area contributed by atoms with Gasteiger partial charge in [-0.1, -0.05) is 43.0 Å². The van der Waals surface area contributed by atoms with Crippen LogP contribution in [0.1, 0.15) is 25.7 Å². The highest BCUT2D eigenvalue weighted by Gasteiger charge is 2.23. The van der Waals surface area contributed by atoms with E-state index < -0.39 is 0 Å². The van der Waals surface area contributed by atoms with Gasteiger partial charge in [0.15, 0.2) is 0 Å². The summed E-state index contributed by atoms with van der Waals surface area (Å²) in [7, 11) is 3.31. The first-order valence-electron chi connectivity index (χ1n) is 15.5. The van der Waals surface area contributed by atoms with E-state index in [0.717, 1.165) is 72.5 Å². The number of benzene rings is 2. The van der Waals surface area contributed by atoms with Crippen LogP contribution < -0.4 is 24.3 Å². The Hall–Kier alpha value is -5.03. The number of carbonyl (C=O) groups is 1. The molecule has 2 fully saturated rings. The number of aromatic nitrogens is 4. The molecule has 4 heterocycles. The highest BCUT2D eigenvalue weighted by atomic mass is 16.5. The number of nitrogens with zero attached hydrogens (tertiary/aromatic N) is 5. The van der Waals surface area contributed by atoms with Crippen LogP contribution in [0.2, 0.25) is 0 Å². The van der Waals surface area contributed by atoms with E-state index in [-0.39, 0.29) is 18.1 Å². The topological polar surface area (TPSA) is 121 Å². The Morgan fingerprint density at radius 3 is 1.74 bits per heavy atom. The van der Waals surface area contributed by atoms with Gasteiger partial charge in [0.25, 0.3) is 0 Å². The molecule has 2 saturated heterocycles. The smallest absolute Gasteiger partial charge is 0.245 e. The summed E-state index contributed by atoms with van der Waals surface area (Å²) in [6.07, 6.45) is 8.54. The lowest BCUT2D eigenvalue weighted by molar-refractivity contribution is -0.127. The molecule has 0 aliphatic carbocycles. The molecule has 46 heavy (non-hydrogen) atoms. The number of nitrogens with one attached hydrogen (secondary N) is 1. The summed E-state index contributed by atoms with van der Waals surface area (Å²) in [5, 5.41) is 19.6. The predicted molar refractivity (Wildman–Crippen MR) is 175 cm³/mol. The van der Waals surface area contributed by atoms with Gasteiger partial charge in [0.2, 0.25) is 17.7 Å². The highest BCUT2D eigenvalue weighted by Crippen LogP contribution is 2.32. The van der Waals surface area contributed by atoms with Gasteiger partial charge < -0.3 is 29.2 Å². The van der Waals surface area contributed by atoms with E-state index in [1.165, 1.54) is 6.08 Å². The summed E-state index contributed by atoms with van der Waals surface area (Å²) < 4.78 is 22.7. The molecule has 1 N–H and O–H groups in total. The Bertz CT molecular complexity index is 1590. The number of para-hydroxylation sites is 2. The van der Waals surface area contributed by atoms with Gasteiger partial charge in [0.05, 0.1) is 26.6 Å². The van der Waals surface area contributed by atoms with E-state index in [2.05, 4.69) is 32.3 Å². The lowest BCUT2D eigenvalue weighted by Gasteiger charge is -2.31. The number of rotatable bonds is 9. The molecule has 1 amide bonds. The molecule has 6 rings (SSSR count). The van der Waals surface area contributed by atoms with Crippen LogP contribution in [-0.4, -0.2) is 83.8 Å². The van der Waals surface area contributed by atoms with E-state index in [1.807, 2.05) is 60.7 Å². The van der Waals surface area contributed by atoms with Crippen molar-refractivity contribution in [1.29, 1.82) is 0 Å². The van der Waals surface area contributed by atoms with Crippen LogP contribution in [0.15, 0.2) is 85.7 Å². The molecule has 2 aromatic heterocycles. The molecule has 0 radical (unpaired) electrons. The van der Waals surface area contributed by atoms with Crippen LogP contribution in [0, 0.1) is 0 Å². The van der Waals surface area contributed by atoms with Crippen molar-refractivity contribution >= 4 is 5.91 Å². The summed E-state index contributed by atoms with van der Waals surface area (Å²) in [5.74, 6) is 2.62. The summed E-state index contributed by atoms with van der Waals surface area (Å²) in [6.45, 7) is 6.83. The Labute approximate surface area is 269 Å². The van der Waals surface area contributed by atoms with Crippen LogP contribution in [-0.2, 0) is 4.79 Å². The number of carbonyl (C=O) groups excluding carboxylic acids is 1. The second-order valence-corrected chi connectivity index (χ2v) is 10.9. The summed E-state index contributed by atoms with van der Waals surface area (Å²) in [5.41, 5.74) is 3.77. The lowest BCUT2D eigenvalue weighted by atomic mass is 10.1. The van der Waals surface area contributed by atoms with Gasteiger partial charge in [-0.2, -0.15) is 10.2 Å². The maximum absolute atomic E-state index is 11.6. The molecule has 0 saturated carbocycles. The molecule has 2 aromatic carbocycles. The fraction of sp³-hybridized carbons (Fsp3) is 0.343. The summed E-state index contributed by atoms with van der Waals surface area (Å²) >= 11 is 0. The Kier molecular flexibility index (Phi) is 11.5. The van der Waals surface area contributed by atoms with E-state index in [0.29, 0.717) is 24.8 Å². The van der Waals surface area contributed by atoms with Gasteiger partial charge in [-0.05, 0) is 44.1 Å². The molecule has 0 bridgehead atoms. The van der Waals surface area contributed by atoms with Crippen LogP contribution in [0.25, 0.3) is 22.3 Å². The van der Waals surface area contributed by atoms with Gasteiger partial charge in [0.1, 0.15) is 23.7 Å². The van der Waals surface area contributed by atoms with E-state index in [1.54, 1.807) is 31.5 Å². The van der Waals surface area contributed by atoms with Gasteiger partial charge in [-0.3, -0.25) is 4.79 Å². The average molecular weight is 625 g/mol. The predicted octanol–water partition coefficient (Wildman–Crippen LogP) is 4.99. The Balaban J connectivity index is 0.000000184. The third-order valence-electron chi connectivity index (χ3n) is 7.89. The van der Waals surface area contributed by atoms with Crippen LogP contribution in [0.3, 0.4) is 0 Å². The van der Waals surface area contributed by atoms with Crippen molar-refractivity contribution < 1.29 is 23.7 Å². The zero-order valence-electron chi connectivity index (χ0n) is 26.3. The molecule has 0 unspecified atom stereocenters. The van der Waals surface area contributed by atoms with Crippen molar-refractivity contribution in [2.45, 2.75) is 37.9 Å². The second-order valence-electron chi connectivity index (χ2n) is 10.9. The molecule has 11 heteroatoms. The number of hydrogen-bond donors (Lipinski definition) is 1. The first-order valence-corrected chi connectivity index (χ1v) is 15.5. The standard InChI is InChI=1S/C19H21N3O3.C16H19N3O2/c1-3-19(23)22-10-8-15(9-11-22)25-18-12-14(13-20-21-18)16-6-4-5-7-17(16)24-2;1-20-15-5-3-2-4-14(15)12-10-16(19-18-11-12)21-13-6-8-17-9-7-13/h3-7,12-13,15H,1,8-11H2,2H3;2-5,10-11,13,17H,6-9H2,1H3. The maximum Gasteiger partial charge on any atom is 0.245 e. The number of likely N-dealkylation sites (tertiary alicyclic amines) is 1. The molecule has 240 valence electrons. The zero-order chi connectivity index (χ0) is 32.1.